The lowest BCUT2D eigenvalue weighted by Gasteiger charge is -2.18. The average molecular weight is 563 g/mol. The van der Waals surface area contributed by atoms with Gasteiger partial charge in [0.05, 0.1) is 11.8 Å². The Morgan fingerprint density at radius 2 is 1.87 bits per heavy atom. The van der Waals surface area contributed by atoms with Crippen molar-refractivity contribution in [3.63, 3.8) is 0 Å². The van der Waals surface area contributed by atoms with Gasteiger partial charge in [-0.25, -0.2) is 22.9 Å². The summed E-state index contributed by atoms with van der Waals surface area (Å²) in [4.78, 5) is 27.9. The van der Waals surface area contributed by atoms with Crippen molar-refractivity contribution in [1.82, 2.24) is 4.98 Å². The summed E-state index contributed by atoms with van der Waals surface area (Å²) in [6, 6.07) is 6.46. The molecule has 1 amide bonds. The van der Waals surface area contributed by atoms with E-state index in [-0.39, 0.29) is 27.5 Å². The van der Waals surface area contributed by atoms with Crippen LogP contribution in [0.25, 0.3) is 17.3 Å². The molecule has 0 spiro atoms. The maximum Gasteiger partial charge on any atom is 0.331 e. The number of benzene rings is 2. The van der Waals surface area contributed by atoms with Crippen molar-refractivity contribution < 1.29 is 37.3 Å². The van der Waals surface area contributed by atoms with Gasteiger partial charge in [0.25, 0.3) is 5.91 Å². The van der Waals surface area contributed by atoms with Gasteiger partial charge in [-0.1, -0.05) is 26.0 Å². The summed E-state index contributed by atoms with van der Waals surface area (Å²) in [6.07, 6.45) is 0.772. The lowest BCUT2D eigenvalue weighted by Crippen LogP contribution is -2.13. The fraction of sp³-hybridized carbons (Fsp3) is 0.321. The Balaban J connectivity index is 1.76. The Labute approximate surface area is 228 Å². The third-order valence-corrected chi connectivity index (χ3v) is 6.43. The Hall–Kier alpha value is -3.54. The molecular weight excluding hydrogens is 533 g/mol. The van der Waals surface area contributed by atoms with Crippen LogP contribution < -0.4 is 5.32 Å². The molecule has 0 aliphatic heterocycles. The minimum atomic E-state index is -1.33. The summed E-state index contributed by atoms with van der Waals surface area (Å²) in [5.41, 5.74) is -0.353. The van der Waals surface area contributed by atoms with Crippen molar-refractivity contribution in [2.24, 2.45) is 5.92 Å². The molecule has 39 heavy (non-hydrogen) atoms. The average Bonchev–Trinajstić information content (AvgIpc) is 3.34. The highest BCUT2D eigenvalue weighted by Crippen LogP contribution is 2.33. The van der Waals surface area contributed by atoms with Gasteiger partial charge in [0.1, 0.15) is 17.5 Å². The monoisotopic (exact) mass is 562 g/mol. The number of aromatic nitrogens is 1. The molecule has 3 aromatic rings. The number of carboxylic acids is 1. The van der Waals surface area contributed by atoms with Crippen molar-refractivity contribution in [1.29, 1.82) is 0 Å². The van der Waals surface area contributed by atoms with E-state index >= 15 is 4.39 Å². The van der Waals surface area contributed by atoms with Gasteiger partial charge in [0, 0.05) is 60.0 Å². The molecule has 0 bridgehead atoms. The second-order valence-electron chi connectivity index (χ2n) is 9.17. The molecule has 0 aliphatic carbocycles. The molecule has 1 aromatic heterocycles. The Kier molecular flexibility index (Phi) is 10.4. The lowest BCUT2D eigenvalue weighted by atomic mass is 10.0. The number of ether oxygens (including phenoxy) is 2. The number of hydrogen-bond acceptors (Lipinski definition) is 6. The summed E-state index contributed by atoms with van der Waals surface area (Å²) in [6.45, 7) is 6.27. The number of rotatable bonds is 12. The summed E-state index contributed by atoms with van der Waals surface area (Å²) >= 11 is 1.02. The third kappa shape index (κ3) is 7.75. The molecule has 7 nitrogen and oxygen atoms in total. The smallest absolute Gasteiger partial charge is 0.331 e. The second kappa shape index (κ2) is 13.5. The van der Waals surface area contributed by atoms with Gasteiger partial charge in [0.2, 0.25) is 0 Å². The van der Waals surface area contributed by atoms with Crippen molar-refractivity contribution in [2.45, 2.75) is 33.3 Å². The van der Waals surface area contributed by atoms with E-state index in [1.165, 1.54) is 14.0 Å². The van der Waals surface area contributed by atoms with Crippen LogP contribution in [0, 0.1) is 23.4 Å². The summed E-state index contributed by atoms with van der Waals surface area (Å²) in [5, 5.41) is 13.0. The molecule has 1 atom stereocenters. The number of methoxy groups -OCH3 is 1. The van der Waals surface area contributed by atoms with E-state index in [0.717, 1.165) is 29.5 Å². The molecule has 0 aliphatic rings. The summed E-state index contributed by atoms with van der Waals surface area (Å²) in [7, 11) is 1.50. The van der Waals surface area contributed by atoms with Crippen molar-refractivity contribution >= 4 is 34.4 Å². The molecule has 0 fully saturated rings. The van der Waals surface area contributed by atoms with E-state index < -0.39 is 41.0 Å². The molecule has 0 saturated carbocycles. The molecule has 2 aromatic carbocycles. The maximum atomic E-state index is 15.5. The van der Waals surface area contributed by atoms with Gasteiger partial charge < -0.3 is 14.6 Å². The van der Waals surface area contributed by atoms with Crippen molar-refractivity contribution in [3.8, 4) is 11.3 Å². The second-order valence-corrected chi connectivity index (χ2v) is 10.0. The first kappa shape index (κ1) is 30.0. The highest BCUT2D eigenvalue weighted by molar-refractivity contribution is 7.14. The van der Waals surface area contributed by atoms with Crippen LogP contribution in [0.15, 0.2) is 41.3 Å². The van der Waals surface area contributed by atoms with Gasteiger partial charge in [-0.3, -0.25) is 10.1 Å². The first-order chi connectivity index (χ1) is 18.5. The molecular formula is C28H29F3N2O5S. The predicted molar refractivity (Wildman–Crippen MR) is 143 cm³/mol. The fourth-order valence-corrected chi connectivity index (χ4v) is 4.37. The van der Waals surface area contributed by atoms with E-state index in [4.69, 9.17) is 14.6 Å². The predicted octanol–water partition coefficient (Wildman–Crippen LogP) is 6.72. The van der Waals surface area contributed by atoms with Crippen LogP contribution in [0.5, 0.6) is 0 Å². The van der Waals surface area contributed by atoms with Crippen LogP contribution in [0.3, 0.4) is 0 Å². The third-order valence-electron chi connectivity index (χ3n) is 5.68. The number of thiazole rings is 1. The molecule has 0 saturated heterocycles. The SMILES string of the molecule is COC(CCOCC(C)C)c1cccc(-c2csc(NC(=O)c3cc(F)c(/C=C(\C)C(=O)O)c(F)c3)n2)c1F. The molecule has 3 rings (SSSR count). The minimum Gasteiger partial charge on any atom is -0.478 e. The molecule has 208 valence electrons. The number of nitrogens with zero attached hydrogens (tertiary/aromatic N) is 1. The van der Waals surface area contributed by atoms with Crippen molar-refractivity contribution in [3.05, 3.63) is 75.4 Å². The van der Waals surface area contributed by atoms with Crippen LogP contribution in [0.2, 0.25) is 0 Å². The van der Waals surface area contributed by atoms with E-state index in [1.807, 2.05) is 13.8 Å². The molecule has 11 heteroatoms. The maximum absolute atomic E-state index is 15.5. The topological polar surface area (TPSA) is 97.8 Å². The van der Waals surface area contributed by atoms with E-state index in [9.17, 15) is 18.4 Å². The van der Waals surface area contributed by atoms with Crippen LogP contribution >= 0.6 is 11.3 Å². The quantitative estimate of drug-likeness (QED) is 0.188. The van der Waals surface area contributed by atoms with Crippen LogP contribution in [-0.4, -0.2) is 42.3 Å². The van der Waals surface area contributed by atoms with Crippen molar-refractivity contribution in [2.75, 3.05) is 25.6 Å². The molecule has 1 heterocycles. The van der Waals surface area contributed by atoms with E-state index in [1.54, 1.807) is 23.6 Å². The summed E-state index contributed by atoms with van der Waals surface area (Å²) < 4.78 is 55.4. The van der Waals surface area contributed by atoms with Gasteiger partial charge in [-0.2, -0.15) is 0 Å². The Bertz CT molecular complexity index is 1350. The number of nitrogens with one attached hydrogen (secondary N) is 1. The van der Waals surface area contributed by atoms with Gasteiger partial charge in [0.15, 0.2) is 5.13 Å². The number of amides is 1. The summed E-state index contributed by atoms with van der Waals surface area (Å²) in [5.74, 6) is -4.49. The standard InChI is InChI=1S/C28H29F3N2O5S/c1-15(2)13-38-9-8-24(37-4)19-7-5-6-18(25(19)31)23-14-39-28(32-23)33-26(34)17-11-21(29)20(22(30)12-17)10-16(3)27(35)36/h5-7,10-12,14-15,24H,8-9,13H2,1-4H3,(H,35,36)(H,32,33,34)/b16-10+. The molecule has 0 radical (unpaired) electrons. The zero-order valence-corrected chi connectivity index (χ0v) is 22.7. The number of halogens is 3. The van der Waals surface area contributed by atoms with Gasteiger partial charge in [-0.15, -0.1) is 11.3 Å². The number of carboxylic acid groups (broad SMARTS) is 1. The van der Waals surface area contributed by atoms with E-state index in [0.29, 0.717) is 31.1 Å². The minimum absolute atomic E-state index is 0.0942. The Morgan fingerprint density at radius 1 is 1.18 bits per heavy atom. The fourth-order valence-electron chi connectivity index (χ4n) is 3.66. The normalized spacial score (nSPS) is 12.6. The number of anilines is 1. The first-order valence-electron chi connectivity index (χ1n) is 12.1. The van der Waals surface area contributed by atoms with Gasteiger partial charge >= 0.3 is 5.97 Å². The van der Waals surface area contributed by atoms with Crippen LogP contribution in [-0.2, 0) is 14.3 Å². The van der Waals surface area contributed by atoms with E-state index in [2.05, 4.69) is 10.3 Å². The van der Waals surface area contributed by atoms with Gasteiger partial charge in [-0.05, 0) is 37.1 Å². The zero-order chi connectivity index (χ0) is 28.7. The van der Waals surface area contributed by atoms with Crippen LogP contribution in [0.1, 0.15) is 54.8 Å². The van der Waals surface area contributed by atoms with Crippen LogP contribution in [0.4, 0.5) is 18.3 Å². The number of carbonyl (C=O) groups excluding carboxylic acids is 1. The number of carbonyl (C=O) groups is 2. The highest BCUT2D eigenvalue weighted by Gasteiger charge is 2.21. The lowest BCUT2D eigenvalue weighted by molar-refractivity contribution is -0.132. The molecule has 1 unspecified atom stereocenters. The zero-order valence-electron chi connectivity index (χ0n) is 21.9. The Morgan fingerprint density at radius 3 is 2.49 bits per heavy atom. The molecule has 2 N–H and O–H groups in total. The number of aliphatic carboxylic acids is 1. The largest absolute Gasteiger partial charge is 0.478 e. The highest BCUT2D eigenvalue weighted by atomic mass is 32.1. The first-order valence-corrected chi connectivity index (χ1v) is 13.0. The number of hydrogen-bond donors (Lipinski definition) is 2.